The Balaban J connectivity index is 2.72. The van der Waals surface area contributed by atoms with Crippen molar-refractivity contribution < 1.29 is 0 Å². The van der Waals surface area contributed by atoms with Crippen LogP contribution in [-0.4, -0.2) is 6.16 Å². The van der Waals surface area contributed by atoms with Crippen LogP contribution < -0.4 is 0 Å². The van der Waals surface area contributed by atoms with E-state index in [0.29, 0.717) is 0 Å². The van der Waals surface area contributed by atoms with E-state index in [2.05, 4.69) is 53.9 Å². The highest BCUT2D eigenvalue weighted by atomic mass is 31.0. The molecule has 0 saturated carbocycles. The molecule has 0 aromatic heterocycles. The Labute approximate surface area is 96.0 Å². The molecule has 0 aliphatic rings. The van der Waals surface area contributed by atoms with Gasteiger partial charge in [0.15, 0.2) is 0 Å². The van der Waals surface area contributed by atoms with Crippen molar-refractivity contribution in [3.63, 3.8) is 0 Å². The van der Waals surface area contributed by atoms with Gasteiger partial charge in [-0.2, -0.15) is 0 Å². The third-order valence-corrected chi connectivity index (χ3v) is 3.59. The molecule has 0 heterocycles. The molecule has 0 aliphatic carbocycles. The number of benzene rings is 1. The Morgan fingerprint density at radius 2 is 2.07 bits per heavy atom. The Morgan fingerprint density at radius 3 is 2.67 bits per heavy atom. The maximum absolute atomic E-state index is 4.03. The van der Waals surface area contributed by atoms with Gasteiger partial charge in [0.05, 0.1) is 0 Å². The van der Waals surface area contributed by atoms with Crippen LogP contribution in [0.3, 0.4) is 0 Å². The van der Waals surface area contributed by atoms with Crippen molar-refractivity contribution >= 4 is 14.8 Å². The summed E-state index contributed by atoms with van der Waals surface area (Å²) < 4.78 is 0. The van der Waals surface area contributed by atoms with Gasteiger partial charge in [0.1, 0.15) is 0 Å². The van der Waals surface area contributed by atoms with Gasteiger partial charge in [0, 0.05) is 0 Å². The summed E-state index contributed by atoms with van der Waals surface area (Å²) in [5.74, 6) is 0.785. The molecule has 0 aliphatic heterocycles. The van der Waals surface area contributed by atoms with Crippen LogP contribution in [0.4, 0.5) is 0 Å². The van der Waals surface area contributed by atoms with E-state index in [1.807, 2.05) is 0 Å². The molecule has 1 aromatic carbocycles. The van der Waals surface area contributed by atoms with Gasteiger partial charge in [-0.3, -0.25) is 0 Å². The molecule has 0 amide bonds. The van der Waals surface area contributed by atoms with E-state index < -0.39 is 0 Å². The van der Waals surface area contributed by atoms with E-state index in [1.165, 1.54) is 35.7 Å². The molecule has 0 N–H and O–H groups in total. The Morgan fingerprint density at radius 1 is 1.40 bits per heavy atom. The number of hydrogen-bond acceptors (Lipinski definition) is 0. The third-order valence-electron chi connectivity index (χ3n) is 2.79. The zero-order chi connectivity index (χ0) is 11.3. The van der Waals surface area contributed by atoms with Crippen LogP contribution in [0.15, 0.2) is 30.8 Å². The van der Waals surface area contributed by atoms with Gasteiger partial charge < -0.3 is 0 Å². The Hall–Kier alpha value is -0.610. The second-order valence-electron chi connectivity index (χ2n) is 4.32. The smallest absolute Gasteiger partial charge is 0.0201 e. The molecule has 15 heavy (non-hydrogen) atoms. The van der Waals surface area contributed by atoms with Crippen LogP contribution in [0.25, 0.3) is 5.57 Å². The van der Waals surface area contributed by atoms with Crippen LogP contribution in [-0.2, 0) is 6.42 Å². The van der Waals surface area contributed by atoms with Crippen LogP contribution in [0.2, 0.25) is 0 Å². The SMILES string of the molecule is C=C(C)c1ccccc1CCC(C)CP. The maximum Gasteiger partial charge on any atom is -0.0201 e. The van der Waals surface area contributed by atoms with E-state index in [1.54, 1.807) is 0 Å². The summed E-state index contributed by atoms with van der Waals surface area (Å²) in [6.07, 6.45) is 3.61. The first-order valence-corrected chi connectivity index (χ1v) is 6.40. The maximum atomic E-state index is 4.03. The molecular formula is C14H21P. The van der Waals surface area contributed by atoms with Gasteiger partial charge in [0.25, 0.3) is 0 Å². The lowest BCUT2D eigenvalue weighted by Gasteiger charge is -2.11. The van der Waals surface area contributed by atoms with Crippen molar-refractivity contribution in [1.82, 2.24) is 0 Å². The normalized spacial score (nSPS) is 12.5. The molecular weight excluding hydrogens is 199 g/mol. The van der Waals surface area contributed by atoms with Gasteiger partial charge in [-0.15, -0.1) is 9.24 Å². The molecule has 0 nitrogen and oxygen atoms in total. The molecule has 1 rings (SSSR count). The van der Waals surface area contributed by atoms with E-state index in [9.17, 15) is 0 Å². The van der Waals surface area contributed by atoms with E-state index >= 15 is 0 Å². The Kier molecular flexibility index (Phi) is 5.05. The quantitative estimate of drug-likeness (QED) is 0.653. The largest absolute Gasteiger partial charge is 0.137 e. The first kappa shape index (κ1) is 12.5. The predicted octanol–water partition coefficient (Wildman–Crippen LogP) is 4.16. The second-order valence-corrected chi connectivity index (χ2v) is 4.79. The van der Waals surface area contributed by atoms with Gasteiger partial charge in [0.2, 0.25) is 0 Å². The molecule has 0 spiro atoms. The van der Waals surface area contributed by atoms with E-state index in [0.717, 1.165) is 5.92 Å². The fourth-order valence-electron chi connectivity index (χ4n) is 1.67. The van der Waals surface area contributed by atoms with Crippen LogP contribution in [0, 0.1) is 5.92 Å². The molecule has 1 aromatic rings. The van der Waals surface area contributed by atoms with Gasteiger partial charge in [-0.25, -0.2) is 0 Å². The zero-order valence-electron chi connectivity index (χ0n) is 9.79. The zero-order valence-corrected chi connectivity index (χ0v) is 10.9. The Bertz CT molecular complexity index is 328. The molecule has 0 bridgehead atoms. The van der Waals surface area contributed by atoms with Crippen LogP contribution in [0.5, 0.6) is 0 Å². The minimum atomic E-state index is 0.785. The first-order chi connectivity index (χ1) is 7.15. The van der Waals surface area contributed by atoms with Crippen molar-refractivity contribution in [2.75, 3.05) is 6.16 Å². The van der Waals surface area contributed by atoms with Crippen molar-refractivity contribution in [2.45, 2.75) is 26.7 Å². The number of allylic oxidation sites excluding steroid dienone is 1. The molecule has 1 heteroatoms. The summed E-state index contributed by atoms with van der Waals surface area (Å²) in [5.41, 5.74) is 3.94. The monoisotopic (exact) mass is 220 g/mol. The van der Waals surface area contributed by atoms with E-state index in [4.69, 9.17) is 0 Å². The molecule has 82 valence electrons. The van der Waals surface area contributed by atoms with Crippen LogP contribution in [0.1, 0.15) is 31.4 Å². The van der Waals surface area contributed by atoms with Gasteiger partial charge in [-0.1, -0.05) is 43.3 Å². The third kappa shape index (κ3) is 3.80. The molecule has 2 atom stereocenters. The lowest BCUT2D eigenvalue weighted by molar-refractivity contribution is 0.595. The van der Waals surface area contributed by atoms with Crippen molar-refractivity contribution in [1.29, 1.82) is 0 Å². The standard InChI is InChI=1S/C14H21P/c1-11(2)14-7-5-4-6-13(14)9-8-12(3)10-15/h4-7,12H,1,8-10,15H2,2-3H3. The lowest BCUT2D eigenvalue weighted by Crippen LogP contribution is -2.00. The average Bonchev–Trinajstić information content (AvgIpc) is 2.26. The minimum absolute atomic E-state index is 0.785. The molecule has 0 radical (unpaired) electrons. The van der Waals surface area contributed by atoms with Crippen LogP contribution >= 0.6 is 9.24 Å². The first-order valence-electron chi connectivity index (χ1n) is 5.59. The highest BCUT2D eigenvalue weighted by Crippen LogP contribution is 2.20. The second kappa shape index (κ2) is 6.08. The highest BCUT2D eigenvalue weighted by molar-refractivity contribution is 7.16. The summed E-state index contributed by atoms with van der Waals surface area (Å²) >= 11 is 0. The summed E-state index contributed by atoms with van der Waals surface area (Å²) in [6.45, 7) is 8.41. The molecule has 2 unspecified atom stereocenters. The van der Waals surface area contributed by atoms with Gasteiger partial charge in [-0.05, 0) is 43.0 Å². The minimum Gasteiger partial charge on any atom is -0.137 e. The van der Waals surface area contributed by atoms with E-state index in [-0.39, 0.29) is 0 Å². The number of rotatable bonds is 5. The van der Waals surface area contributed by atoms with Crippen molar-refractivity contribution in [3.05, 3.63) is 42.0 Å². The summed E-state index contributed by atoms with van der Waals surface area (Å²) in [4.78, 5) is 0. The lowest BCUT2D eigenvalue weighted by atomic mass is 9.95. The predicted molar refractivity (Wildman–Crippen MR) is 73.2 cm³/mol. The fraction of sp³-hybridized carbons (Fsp3) is 0.429. The van der Waals surface area contributed by atoms with Crippen molar-refractivity contribution in [2.24, 2.45) is 5.92 Å². The van der Waals surface area contributed by atoms with Crippen molar-refractivity contribution in [3.8, 4) is 0 Å². The van der Waals surface area contributed by atoms with Gasteiger partial charge >= 0.3 is 0 Å². The molecule has 0 fully saturated rings. The number of aryl methyl sites for hydroxylation is 1. The summed E-state index contributed by atoms with van der Waals surface area (Å²) in [6, 6.07) is 8.60. The number of hydrogen-bond donors (Lipinski definition) is 0. The summed E-state index contributed by atoms with van der Waals surface area (Å²) in [5, 5.41) is 0. The molecule has 0 saturated heterocycles. The average molecular weight is 220 g/mol. The highest BCUT2D eigenvalue weighted by Gasteiger charge is 2.04. The summed E-state index contributed by atoms with van der Waals surface area (Å²) in [7, 11) is 2.82. The topological polar surface area (TPSA) is 0 Å². The fourth-order valence-corrected chi connectivity index (χ4v) is 1.91.